The fourth-order valence-corrected chi connectivity index (χ4v) is 3.46. The van der Waals surface area contributed by atoms with Gasteiger partial charge in [-0.1, -0.05) is 6.92 Å². The Morgan fingerprint density at radius 3 is 2.72 bits per heavy atom. The van der Waals surface area contributed by atoms with Gasteiger partial charge in [-0.25, -0.2) is 4.98 Å². The summed E-state index contributed by atoms with van der Waals surface area (Å²) >= 11 is 0. The molecule has 3 rings (SSSR count). The first-order valence-corrected chi connectivity index (χ1v) is 8.68. The fourth-order valence-electron chi connectivity index (χ4n) is 3.46. The zero-order valence-corrected chi connectivity index (χ0v) is 14.6. The van der Waals surface area contributed by atoms with Gasteiger partial charge < -0.3 is 19.6 Å². The molecule has 1 aliphatic rings. The molecule has 0 spiro atoms. The Kier molecular flexibility index (Phi) is 5.03. The molecule has 2 N–H and O–H groups in total. The van der Waals surface area contributed by atoms with E-state index in [4.69, 9.17) is 0 Å². The van der Waals surface area contributed by atoms with Gasteiger partial charge in [-0.15, -0.1) is 0 Å². The van der Waals surface area contributed by atoms with E-state index in [1.165, 1.54) is 6.07 Å². The molecule has 0 bridgehead atoms. The molecule has 0 radical (unpaired) electrons. The Balaban J connectivity index is 1.67. The number of likely N-dealkylation sites (tertiary alicyclic amines) is 1. The second-order valence-corrected chi connectivity index (χ2v) is 6.54. The summed E-state index contributed by atoms with van der Waals surface area (Å²) in [6, 6.07) is 3.00. The normalized spacial score (nSPS) is 16.8. The topological polar surface area (TPSA) is 91.2 Å². The number of H-pyrrole nitrogens is 1. The number of nitrogens with one attached hydrogen (secondary N) is 1. The Morgan fingerprint density at radius 2 is 2.12 bits per heavy atom. The molecule has 134 valence electrons. The third-order valence-electron chi connectivity index (χ3n) is 4.98. The van der Waals surface area contributed by atoms with E-state index in [0.717, 1.165) is 12.8 Å². The molecule has 1 saturated heterocycles. The third-order valence-corrected chi connectivity index (χ3v) is 4.98. The van der Waals surface area contributed by atoms with Crippen LogP contribution in [0.25, 0.3) is 0 Å². The average molecular weight is 344 g/mol. The molecule has 2 aromatic rings. The van der Waals surface area contributed by atoms with Crippen LogP contribution in [0.1, 0.15) is 47.7 Å². The number of aliphatic hydroxyl groups is 1. The lowest BCUT2D eigenvalue weighted by molar-refractivity contribution is 0.0419. The van der Waals surface area contributed by atoms with Crippen LogP contribution in [0.3, 0.4) is 0 Å². The monoisotopic (exact) mass is 344 g/mol. The first-order chi connectivity index (χ1) is 12.0. The number of piperidine rings is 1. The van der Waals surface area contributed by atoms with Crippen LogP contribution in [-0.4, -0.2) is 43.5 Å². The highest BCUT2D eigenvalue weighted by molar-refractivity contribution is 5.95. The van der Waals surface area contributed by atoms with Crippen molar-refractivity contribution >= 4 is 5.91 Å². The van der Waals surface area contributed by atoms with Crippen LogP contribution < -0.4 is 5.56 Å². The SMILES string of the molecule is CCc1[nH]c(=O)ccc1C(=O)N1CCC(C(O)c2nccn2C)CC1. The number of hydrogen-bond acceptors (Lipinski definition) is 4. The fraction of sp³-hybridized carbons (Fsp3) is 0.500. The minimum absolute atomic E-state index is 0.0574. The average Bonchev–Trinajstić information content (AvgIpc) is 3.06. The van der Waals surface area contributed by atoms with Gasteiger partial charge in [0, 0.05) is 44.3 Å². The van der Waals surface area contributed by atoms with Crippen molar-refractivity contribution in [3.05, 3.63) is 52.0 Å². The zero-order chi connectivity index (χ0) is 18.0. The molecular formula is C18H24N4O3. The van der Waals surface area contributed by atoms with Gasteiger partial charge in [0.2, 0.25) is 5.56 Å². The molecule has 1 fully saturated rings. The molecule has 7 nitrogen and oxygen atoms in total. The third kappa shape index (κ3) is 3.51. The van der Waals surface area contributed by atoms with Crippen LogP contribution in [-0.2, 0) is 13.5 Å². The lowest BCUT2D eigenvalue weighted by Crippen LogP contribution is -2.40. The second kappa shape index (κ2) is 7.23. The molecule has 1 amide bonds. The van der Waals surface area contributed by atoms with Crippen LogP contribution in [0.4, 0.5) is 0 Å². The van der Waals surface area contributed by atoms with E-state index >= 15 is 0 Å². The van der Waals surface area contributed by atoms with Gasteiger partial charge in [-0.3, -0.25) is 9.59 Å². The Bertz CT molecular complexity index is 803. The molecular weight excluding hydrogens is 320 g/mol. The van der Waals surface area contributed by atoms with Crippen LogP contribution in [0.5, 0.6) is 0 Å². The minimum atomic E-state index is -0.614. The van der Waals surface area contributed by atoms with E-state index in [1.807, 2.05) is 24.7 Å². The maximum Gasteiger partial charge on any atom is 0.255 e. The van der Waals surface area contributed by atoms with Crippen molar-refractivity contribution in [3.63, 3.8) is 0 Å². The standard InChI is InChI=1S/C18H24N4O3/c1-3-14-13(4-5-15(23)20-14)18(25)22-9-6-12(7-10-22)16(24)17-19-8-11-21(17)2/h4-5,8,11-12,16,24H,3,6-7,9-10H2,1-2H3,(H,20,23). The van der Waals surface area contributed by atoms with Gasteiger partial charge in [0.1, 0.15) is 11.9 Å². The Morgan fingerprint density at radius 1 is 1.40 bits per heavy atom. The van der Waals surface area contributed by atoms with E-state index in [-0.39, 0.29) is 17.4 Å². The Hall–Kier alpha value is -2.41. The maximum atomic E-state index is 12.8. The predicted octanol–water partition coefficient (Wildman–Crippen LogP) is 1.26. The Labute approximate surface area is 146 Å². The lowest BCUT2D eigenvalue weighted by atomic mass is 9.90. The summed E-state index contributed by atoms with van der Waals surface area (Å²) in [5.41, 5.74) is 1.04. The first-order valence-electron chi connectivity index (χ1n) is 8.68. The van der Waals surface area contributed by atoms with E-state index in [0.29, 0.717) is 36.6 Å². The van der Waals surface area contributed by atoms with Gasteiger partial charge in [-0.2, -0.15) is 0 Å². The van der Waals surface area contributed by atoms with Crippen molar-refractivity contribution in [1.29, 1.82) is 0 Å². The van der Waals surface area contributed by atoms with Crippen LogP contribution in [0.15, 0.2) is 29.3 Å². The van der Waals surface area contributed by atoms with Crippen molar-refractivity contribution in [2.75, 3.05) is 13.1 Å². The van der Waals surface area contributed by atoms with Gasteiger partial charge in [-0.05, 0) is 31.2 Å². The van der Waals surface area contributed by atoms with Crippen molar-refractivity contribution in [2.24, 2.45) is 13.0 Å². The summed E-state index contributed by atoms with van der Waals surface area (Å²) in [4.78, 5) is 33.0. The predicted molar refractivity (Wildman–Crippen MR) is 93.2 cm³/mol. The molecule has 0 saturated carbocycles. The summed E-state index contributed by atoms with van der Waals surface area (Å²) in [6.45, 7) is 3.10. The van der Waals surface area contributed by atoms with E-state index < -0.39 is 6.10 Å². The number of hydrogen-bond donors (Lipinski definition) is 2. The summed E-state index contributed by atoms with van der Waals surface area (Å²) in [5, 5.41) is 10.5. The van der Waals surface area contributed by atoms with Crippen LogP contribution in [0.2, 0.25) is 0 Å². The summed E-state index contributed by atoms with van der Waals surface area (Å²) in [5.74, 6) is 0.697. The molecule has 0 aliphatic carbocycles. The molecule has 2 aromatic heterocycles. The molecule has 25 heavy (non-hydrogen) atoms. The largest absolute Gasteiger partial charge is 0.385 e. The summed E-state index contributed by atoms with van der Waals surface area (Å²) < 4.78 is 1.83. The molecule has 1 unspecified atom stereocenters. The maximum absolute atomic E-state index is 12.8. The molecule has 3 heterocycles. The lowest BCUT2D eigenvalue weighted by Gasteiger charge is -2.34. The highest BCUT2D eigenvalue weighted by Gasteiger charge is 2.30. The smallest absolute Gasteiger partial charge is 0.255 e. The number of rotatable bonds is 4. The molecule has 1 atom stereocenters. The van der Waals surface area contributed by atoms with Gasteiger partial charge in [0.05, 0.1) is 5.56 Å². The number of aromatic amines is 1. The van der Waals surface area contributed by atoms with Crippen molar-refractivity contribution in [3.8, 4) is 0 Å². The quantitative estimate of drug-likeness (QED) is 0.873. The number of nitrogens with zero attached hydrogens (tertiary/aromatic N) is 3. The number of aliphatic hydroxyl groups excluding tert-OH is 1. The van der Waals surface area contributed by atoms with Crippen molar-refractivity contribution < 1.29 is 9.90 Å². The van der Waals surface area contributed by atoms with Gasteiger partial charge in [0.25, 0.3) is 5.91 Å². The van der Waals surface area contributed by atoms with Gasteiger partial charge >= 0.3 is 0 Å². The van der Waals surface area contributed by atoms with E-state index in [2.05, 4.69) is 9.97 Å². The van der Waals surface area contributed by atoms with E-state index in [9.17, 15) is 14.7 Å². The summed E-state index contributed by atoms with van der Waals surface area (Å²) in [6.07, 6.45) is 4.94. The highest BCUT2D eigenvalue weighted by Crippen LogP contribution is 2.30. The molecule has 0 aromatic carbocycles. The minimum Gasteiger partial charge on any atom is -0.385 e. The number of aryl methyl sites for hydroxylation is 2. The highest BCUT2D eigenvalue weighted by atomic mass is 16.3. The van der Waals surface area contributed by atoms with Crippen LogP contribution >= 0.6 is 0 Å². The number of carbonyl (C=O) groups excluding carboxylic acids is 1. The number of amides is 1. The number of imidazole rings is 1. The van der Waals surface area contributed by atoms with Crippen LogP contribution in [0, 0.1) is 5.92 Å². The second-order valence-electron chi connectivity index (χ2n) is 6.54. The molecule has 7 heteroatoms. The zero-order valence-electron chi connectivity index (χ0n) is 14.6. The number of carbonyl (C=O) groups is 1. The number of pyridine rings is 1. The summed E-state index contributed by atoms with van der Waals surface area (Å²) in [7, 11) is 1.87. The molecule has 1 aliphatic heterocycles. The van der Waals surface area contributed by atoms with Crippen molar-refractivity contribution in [2.45, 2.75) is 32.3 Å². The van der Waals surface area contributed by atoms with E-state index in [1.54, 1.807) is 17.2 Å². The van der Waals surface area contributed by atoms with Crippen molar-refractivity contribution in [1.82, 2.24) is 19.4 Å². The van der Waals surface area contributed by atoms with Gasteiger partial charge in [0.15, 0.2) is 0 Å². The first kappa shape index (κ1) is 17.4. The number of aromatic nitrogens is 3.